The molecular formula is C31H53NO7S. The molecule has 3 heterocycles. The number of aromatic nitrogens is 1. The fraction of sp³-hybridized carbons (Fsp3) is 0.710. The Balaban J connectivity index is 0.00000291. The van der Waals surface area contributed by atoms with Crippen LogP contribution in [0.1, 0.15) is 98.7 Å². The van der Waals surface area contributed by atoms with Crippen molar-refractivity contribution in [2.45, 2.75) is 125 Å². The van der Waals surface area contributed by atoms with E-state index < -0.39 is 35.6 Å². The summed E-state index contributed by atoms with van der Waals surface area (Å²) in [5.41, 5.74) is 0.253. The van der Waals surface area contributed by atoms with Gasteiger partial charge in [-0.2, -0.15) is 0 Å². The lowest BCUT2D eigenvalue weighted by atomic mass is 9.73. The van der Waals surface area contributed by atoms with Crippen LogP contribution >= 0.6 is 11.3 Å². The Morgan fingerprint density at radius 1 is 1.18 bits per heavy atom. The Morgan fingerprint density at radius 2 is 1.80 bits per heavy atom. The number of aliphatic hydroxyl groups is 3. The minimum Gasteiger partial charge on any atom is -0.458 e. The molecule has 0 spiro atoms. The van der Waals surface area contributed by atoms with Crippen molar-refractivity contribution in [2.24, 2.45) is 17.3 Å². The van der Waals surface area contributed by atoms with Crippen molar-refractivity contribution in [3.05, 3.63) is 34.8 Å². The average Bonchev–Trinajstić information content (AvgIpc) is 3.50. The van der Waals surface area contributed by atoms with Gasteiger partial charge in [0.25, 0.3) is 0 Å². The molecule has 40 heavy (non-hydrogen) atoms. The average molecular weight is 584 g/mol. The van der Waals surface area contributed by atoms with Crippen molar-refractivity contribution < 1.29 is 34.4 Å². The number of aliphatic hydroxyl groups excluding tert-OH is 3. The highest BCUT2D eigenvalue weighted by Crippen LogP contribution is 2.36. The van der Waals surface area contributed by atoms with Gasteiger partial charge < -0.3 is 24.8 Å². The summed E-state index contributed by atoms with van der Waals surface area (Å²) in [7, 11) is 0. The van der Waals surface area contributed by atoms with E-state index in [9.17, 15) is 24.9 Å². The van der Waals surface area contributed by atoms with E-state index in [-0.39, 0.29) is 44.4 Å². The first kappa shape index (κ1) is 38.1. The van der Waals surface area contributed by atoms with E-state index in [1.807, 2.05) is 39.2 Å². The normalized spacial score (nSPS) is 31.1. The molecule has 1 aromatic heterocycles. The van der Waals surface area contributed by atoms with Gasteiger partial charge in [-0.1, -0.05) is 55.4 Å². The van der Waals surface area contributed by atoms with E-state index in [4.69, 9.17) is 9.47 Å². The highest BCUT2D eigenvalue weighted by molar-refractivity contribution is 7.09. The third-order valence-electron chi connectivity index (χ3n) is 7.48. The molecule has 2 saturated heterocycles. The Hall–Kier alpha value is -1.91. The van der Waals surface area contributed by atoms with Crippen LogP contribution in [0.25, 0.3) is 6.08 Å². The zero-order valence-corrected chi connectivity index (χ0v) is 25.5. The summed E-state index contributed by atoms with van der Waals surface area (Å²) < 4.78 is 11.7. The molecule has 2 aliphatic rings. The van der Waals surface area contributed by atoms with Gasteiger partial charge in [0.15, 0.2) is 0 Å². The smallest absolute Gasteiger partial charge is 0.309 e. The molecule has 0 bridgehead atoms. The molecule has 3 unspecified atom stereocenters. The second-order valence-corrected chi connectivity index (χ2v) is 11.6. The first-order valence-electron chi connectivity index (χ1n) is 13.9. The van der Waals surface area contributed by atoms with E-state index in [2.05, 4.69) is 18.1 Å². The maximum atomic E-state index is 13.2. The lowest BCUT2D eigenvalue weighted by Gasteiger charge is -2.34. The number of carbonyl (C=O) groups excluding carboxylic acids is 2. The molecule has 2 aliphatic heterocycles. The molecule has 0 radical (unpaired) electrons. The lowest BCUT2D eigenvalue weighted by molar-refractivity contribution is -0.154. The first-order chi connectivity index (χ1) is 18.4. The zero-order chi connectivity index (χ0) is 29.9. The van der Waals surface area contributed by atoms with Crippen molar-refractivity contribution in [1.82, 2.24) is 4.98 Å². The van der Waals surface area contributed by atoms with Crippen molar-refractivity contribution in [3.8, 4) is 0 Å². The van der Waals surface area contributed by atoms with Crippen LogP contribution in [0, 0.1) is 17.3 Å². The minimum atomic E-state index is -1.25. The number of carbonyl (C=O) groups is 2. The lowest BCUT2D eigenvalue weighted by Crippen LogP contribution is -2.45. The maximum absolute atomic E-state index is 13.2. The van der Waals surface area contributed by atoms with Crippen LogP contribution in [-0.4, -0.2) is 62.6 Å². The van der Waals surface area contributed by atoms with Crippen LogP contribution in [0.5, 0.6) is 0 Å². The predicted molar refractivity (Wildman–Crippen MR) is 162 cm³/mol. The Kier molecular flexibility index (Phi) is 17.0. The predicted octanol–water partition coefficient (Wildman–Crippen LogP) is 5.74. The molecule has 2 fully saturated rings. The van der Waals surface area contributed by atoms with Gasteiger partial charge in [0.1, 0.15) is 16.9 Å². The van der Waals surface area contributed by atoms with Crippen LogP contribution in [0.15, 0.2) is 24.1 Å². The molecule has 1 aromatic rings. The molecule has 9 heteroatoms. The fourth-order valence-corrected chi connectivity index (χ4v) is 5.41. The third-order valence-corrected chi connectivity index (χ3v) is 8.33. The van der Waals surface area contributed by atoms with Gasteiger partial charge in [-0.15, -0.1) is 24.5 Å². The van der Waals surface area contributed by atoms with Crippen molar-refractivity contribution in [3.63, 3.8) is 0 Å². The first-order valence-corrected chi connectivity index (χ1v) is 14.8. The summed E-state index contributed by atoms with van der Waals surface area (Å²) >= 11 is 1.35. The quantitative estimate of drug-likeness (QED) is 0.234. The SMILES string of the molecule is C.C/C(=C\c1csc(CO)n1)[C@@H]1C[C@@H]2O[C@@H]2CCCC(C)[C@H](O)C(C)C(=O)C(C)(C)C(O)CC(=O)O1.C=C.CC. The number of epoxide rings is 1. The summed E-state index contributed by atoms with van der Waals surface area (Å²) in [6, 6.07) is 0. The Morgan fingerprint density at radius 3 is 2.38 bits per heavy atom. The number of hydrogen-bond donors (Lipinski definition) is 3. The second kappa shape index (κ2) is 17.8. The second-order valence-electron chi connectivity index (χ2n) is 10.6. The van der Waals surface area contributed by atoms with Crippen LogP contribution < -0.4 is 0 Å². The Labute approximate surface area is 245 Å². The van der Waals surface area contributed by atoms with E-state index in [1.54, 1.807) is 20.8 Å². The maximum Gasteiger partial charge on any atom is 0.309 e. The van der Waals surface area contributed by atoms with Crippen LogP contribution in [0.3, 0.4) is 0 Å². The van der Waals surface area contributed by atoms with Gasteiger partial charge in [0, 0.05) is 17.7 Å². The number of thiazole rings is 1. The van der Waals surface area contributed by atoms with Gasteiger partial charge >= 0.3 is 5.97 Å². The molecule has 0 amide bonds. The van der Waals surface area contributed by atoms with Crippen molar-refractivity contribution in [2.75, 3.05) is 0 Å². The molecule has 0 aliphatic carbocycles. The molecular weight excluding hydrogens is 530 g/mol. The van der Waals surface area contributed by atoms with E-state index >= 15 is 0 Å². The summed E-state index contributed by atoms with van der Waals surface area (Å²) in [5.74, 6) is -1.61. The third kappa shape index (κ3) is 10.5. The van der Waals surface area contributed by atoms with Crippen LogP contribution in [0.2, 0.25) is 0 Å². The summed E-state index contributed by atoms with van der Waals surface area (Å²) in [5, 5.41) is 33.3. The van der Waals surface area contributed by atoms with Crippen LogP contribution in [0.4, 0.5) is 0 Å². The number of cyclic esters (lactones) is 1. The number of fused-ring (bicyclic) bond motifs is 1. The minimum absolute atomic E-state index is 0. The number of rotatable bonds is 3. The van der Waals surface area contributed by atoms with Gasteiger partial charge in [0.05, 0.1) is 48.6 Å². The largest absolute Gasteiger partial charge is 0.458 e. The van der Waals surface area contributed by atoms with Gasteiger partial charge in [-0.25, -0.2) is 4.98 Å². The molecule has 230 valence electrons. The molecule has 3 rings (SSSR count). The number of ether oxygens (including phenoxy) is 2. The fourth-order valence-electron chi connectivity index (χ4n) is 4.80. The number of Topliss-reactive ketones (excluding diaryl/α,β-unsaturated/α-hetero) is 1. The summed E-state index contributed by atoms with van der Waals surface area (Å²) in [4.78, 5) is 30.4. The van der Waals surface area contributed by atoms with Crippen molar-refractivity contribution in [1.29, 1.82) is 0 Å². The van der Waals surface area contributed by atoms with Gasteiger partial charge in [-0.05, 0) is 37.3 Å². The summed E-state index contributed by atoms with van der Waals surface area (Å²) in [6.07, 6.45) is 1.86. The van der Waals surface area contributed by atoms with Gasteiger partial charge in [-0.3, -0.25) is 9.59 Å². The zero-order valence-electron chi connectivity index (χ0n) is 24.7. The highest BCUT2D eigenvalue weighted by Gasteiger charge is 2.44. The monoisotopic (exact) mass is 583 g/mol. The van der Waals surface area contributed by atoms with Gasteiger partial charge in [0.2, 0.25) is 0 Å². The highest BCUT2D eigenvalue weighted by atomic mass is 32.1. The molecule has 8 nitrogen and oxygen atoms in total. The number of hydrogen-bond acceptors (Lipinski definition) is 9. The number of nitrogens with zero attached hydrogens (tertiary/aromatic N) is 1. The summed E-state index contributed by atoms with van der Waals surface area (Å²) in [6.45, 7) is 18.6. The molecule has 0 saturated carbocycles. The molecule has 0 aromatic carbocycles. The Bertz CT molecular complexity index is 944. The van der Waals surface area contributed by atoms with E-state index in [0.29, 0.717) is 17.1 Å². The molecule has 3 N–H and O–H groups in total. The topological polar surface area (TPSA) is 129 Å². The number of ketones is 1. The van der Waals surface area contributed by atoms with E-state index in [1.165, 1.54) is 11.3 Å². The number of esters is 1. The van der Waals surface area contributed by atoms with Crippen LogP contribution in [-0.2, 0) is 25.7 Å². The van der Waals surface area contributed by atoms with Crippen molar-refractivity contribution >= 4 is 29.2 Å². The standard InChI is InChI=1S/C26H39NO7S.C2H6.C2H4.CH4/c1-14-7-6-8-18-20(33-18)10-19(15(2)9-17-13-35-22(12-28)27-17)34-23(30)11-21(29)26(4,5)25(32)16(3)24(14)31;2*1-2;/h9,13-14,16,18-21,24,28-29,31H,6-8,10-12H2,1-5H3;1-2H3;1-2H2;1H4/b15-9+;;;/t14?,16?,18-,19+,20+,21?,24+;;;/m1.../s1. The van der Waals surface area contributed by atoms with E-state index in [0.717, 1.165) is 24.8 Å². The molecule has 7 atom stereocenters.